The number of aromatic amines is 1. The van der Waals surface area contributed by atoms with Gasteiger partial charge in [-0.05, 0) is 28.1 Å². The largest absolute Gasteiger partial charge is 0.506 e. The van der Waals surface area contributed by atoms with E-state index < -0.39 is 0 Å². The molecule has 4 heteroatoms. The topological polar surface area (TPSA) is 36.0 Å². The molecule has 0 spiro atoms. The Morgan fingerprint density at radius 1 is 1.42 bits per heavy atom. The summed E-state index contributed by atoms with van der Waals surface area (Å²) in [6, 6.07) is 3.69. The van der Waals surface area contributed by atoms with Gasteiger partial charge in [0.1, 0.15) is 5.75 Å². The molecule has 0 atom stereocenters. The van der Waals surface area contributed by atoms with Gasteiger partial charge in [-0.3, -0.25) is 0 Å². The summed E-state index contributed by atoms with van der Waals surface area (Å²) in [5.74, 6) is 0.177. The van der Waals surface area contributed by atoms with Gasteiger partial charge in [-0.15, -0.1) is 0 Å². The van der Waals surface area contributed by atoms with E-state index in [1.807, 2.05) is 12.1 Å². The minimum Gasteiger partial charge on any atom is -0.506 e. The maximum Gasteiger partial charge on any atom is 0.142 e. The fraction of sp³-hybridized carbons (Fsp3) is 0. The van der Waals surface area contributed by atoms with Crippen LogP contribution in [0.3, 0.4) is 0 Å². The number of halogens is 2. The molecular weight excluding hydrogens is 241 g/mol. The Hall–Kier alpha value is -0.670. The summed E-state index contributed by atoms with van der Waals surface area (Å²) in [6.07, 6.45) is 1.52. The van der Waals surface area contributed by atoms with E-state index in [2.05, 4.69) is 20.9 Å². The van der Waals surface area contributed by atoms with Crippen molar-refractivity contribution < 1.29 is 5.11 Å². The number of H-pyrrole nitrogens is 1. The Morgan fingerprint density at radius 3 is 2.92 bits per heavy atom. The fourth-order valence-electron chi connectivity index (χ4n) is 1.14. The average Bonchev–Trinajstić information content (AvgIpc) is 2.41. The number of aromatic nitrogens is 1. The van der Waals surface area contributed by atoms with Gasteiger partial charge in [-0.1, -0.05) is 11.6 Å². The number of fused-ring (bicyclic) bond motifs is 1. The maximum atomic E-state index is 9.38. The second-order valence-electron chi connectivity index (χ2n) is 2.46. The Labute approximate surface area is 82.3 Å². The number of benzene rings is 1. The fourth-order valence-corrected chi connectivity index (χ4v) is 1.73. The molecule has 1 heterocycles. The molecule has 0 unspecified atom stereocenters. The zero-order chi connectivity index (χ0) is 8.72. The number of rotatable bonds is 0. The lowest BCUT2D eigenvalue weighted by Gasteiger charge is -1.97. The van der Waals surface area contributed by atoms with Crippen LogP contribution in [0.1, 0.15) is 0 Å². The van der Waals surface area contributed by atoms with Crippen LogP contribution in [0.15, 0.2) is 22.8 Å². The third kappa shape index (κ3) is 1.01. The van der Waals surface area contributed by atoms with Crippen molar-refractivity contribution in [2.45, 2.75) is 0 Å². The van der Waals surface area contributed by atoms with Crippen LogP contribution in [0.4, 0.5) is 0 Å². The molecule has 2 aromatic rings. The van der Waals surface area contributed by atoms with Crippen LogP contribution in [0.5, 0.6) is 5.75 Å². The smallest absolute Gasteiger partial charge is 0.142 e. The summed E-state index contributed by atoms with van der Waals surface area (Å²) in [6.45, 7) is 0. The second-order valence-corrected chi connectivity index (χ2v) is 3.69. The first-order valence-corrected chi connectivity index (χ1v) is 4.51. The predicted molar refractivity (Wildman–Crippen MR) is 52.7 cm³/mol. The van der Waals surface area contributed by atoms with Gasteiger partial charge < -0.3 is 10.1 Å². The van der Waals surface area contributed by atoms with E-state index >= 15 is 0 Å². The third-order valence-electron chi connectivity index (χ3n) is 1.72. The van der Waals surface area contributed by atoms with E-state index in [9.17, 15) is 5.11 Å². The van der Waals surface area contributed by atoms with Crippen molar-refractivity contribution in [3.05, 3.63) is 27.8 Å². The normalized spacial score (nSPS) is 10.8. The quantitative estimate of drug-likeness (QED) is 0.735. The van der Waals surface area contributed by atoms with Gasteiger partial charge in [0.25, 0.3) is 0 Å². The molecule has 0 aliphatic rings. The van der Waals surface area contributed by atoms with Gasteiger partial charge in [0.05, 0.1) is 15.9 Å². The number of aromatic hydroxyl groups is 1. The highest BCUT2D eigenvalue weighted by Crippen LogP contribution is 2.35. The Bertz CT molecular complexity index is 438. The zero-order valence-electron chi connectivity index (χ0n) is 5.94. The van der Waals surface area contributed by atoms with Crippen LogP contribution in [0, 0.1) is 0 Å². The van der Waals surface area contributed by atoms with Crippen LogP contribution < -0.4 is 0 Å². The van der Waals surface area contributed by atoms with Crippen LogP contribution in [0.25, 0.3) is 10.9 Å². The van der Waals surface area contributed by atoms with Crippen LogP contribution >= 0.6 is 27.5 Å². The molecular formula is C8H5BrClNO. The van der Waals surface area contributed by atoms with Crippen LogP contribution in [0.2, 0.25) is 5.02 Å². The summed E-state index contributed by atoms with van der Waals surface area (Å²) < 4.78 is 0.784. The zero-order valence-corrected chi connectivity index (χ0v) is 8.28. The summed E-state index contributed by atoms with van der Waals surface area (Å²) in [4.78, 5) is 2.90. The van der Waals surface area contributed by atoms with Crippen LogP contribution in [-0.2, 0) is 0 Å². The lowest BCUT2D eigenvalue weighted by molar-refractivity contribution is 0.481. The van der Waals surface area contributed by atoms with Crippen molar-refractivity contribution in [1.82, 2.24) is 4.98 Å². The Balaban J connectivity index is 2.96. The first-order chi connectivity index (χ1) is 5.70. The molecule has 62 valence electrons. The molecule has 0 amide bonds. The molecule has 12 heavy (non-hydrogen) atoms. The van der Waals surface area contributed by atoms with E-state index in [4.69, 9.17) is 11.6 Å². The van der Waals surface area contributed by atoms with Crippen molar-refractivity contribution in [1.29, 1.82) is 0 Å². The molecule has 0 aliphatic heterocycles. The minimum absolute atomic E-state index is 0.177. The number of hydrogen-bond acceptors (Lipinski definition) is 1. The first-order valence-electron chi connectivity index (χ1n) is 3.34. The summed E-state index contributed by atoms with van der Waals surface area (Å²) in [7, 11) is 0. The van der Waals surface area contributed by atoms with Crippen LogP contribution in [-0.4, -0.2) is 10.1 Å². The van der Waals surface area contributed by atoms with Gasteiger partial charge in [0.2, 0.25) is 0 Å². The summed E-state index contributed by atoms with van der Waals surface area (Å²) in [5, 5.41) is 10.6. The van der Waals surface area contributed by atoms with Gasteiger partial charge >= 0.3 is 0 Å². The van der Waals surface area contributed by atoms with Gasteiger partial charge in [-0.25, -0.2) is 0 Å². The maximum absolute atomic E-state index is 9.38. The molecule has 0 saturated carbocycles. The number of hydrogen-bond donors (Lipinski definition) is 2. The predicted octanol–water partition coefficient (Wildman–Crippen LogP) is 3.29. The molecule has 2 N–H and O–H groups in total. The second kappa shape index (κ2) is 2.68. The monoisotopic (exact) mass is 245 g/mol. The van der Waals surface area contributed by atoms with Gasteiger partial charge in [-0.2, -0.15) is 0 Å². The molecule has 2 rings (SSSR count). The summed E-state index contributed by atoms with van der Waals surface area (Å²) >= 11 is 9.22. The van der Waals surface area contributed by atoms with E-state index in [0.717, 1.165) is 9.99 Å². The standard InChI is InChI=1S/C8H5BrClNO/c9-4-1-2-5-7(8(4)10)6(12)3-11-5/h1-3,11-12H. The van der Waals surface area contributed by atoms with Gasteiger partial charge in [0, 0.05) is 10.7 Å². The van der Waals surface area contributed by atoms with Crippen molar-refractivity contribution in [2.75, 3.05) is 0 Å². The van der Waals surface area contributed by atoms with Gasteiger partial charge in [0.15, 0.2) is 0 Å². The van der Waals surface area contributed by atoms with E-state index in [0.29, 0.717) is 10.4 Å². The van der Waals surface area contributed by atoms with Crippen molar-refractivity contribution in [2.24, 2.45) is 0 Å². The van der Waals surface area contributed by atoms with E-state index in [1.54, 1.807) is 0 Å². The highest BCUT2D eigenvalue weighted by atomic mass is 79.9. The Morgan fingerprint density at radius 2 is 2.17 bits per heavy atom. The molecule has 0 saturated heterocycles. The van der Waals surface area contributed by atoms with Crippen molar-refractivity contribution >= 4 is 38.4 Å². The molecule has 2 nitrogen and oxygen atoms in total. The van der Waals surface area contributed by atoms with E-state index in [-0.39, 0.29) is 5.75 Å². The molecule has 1 aromatic heterocycles. The SMILES string of the molecule is Oc1c[nH]c2ccc(Br)c(Cl)c12. The third-order valence-corrected chi connectivity index (χ3v) is 3.00. The molecule has 0 aliphatic carbocycles. The van der Waals surface area contributed by atoms with E-state index in [1.165, 1.54) is 6.20 Å². The highest BCUT2D eigenvalue weighted by Gasteiger charge is 2.08. The molecule has 0 fully saturated rings. The average molecular weight is 246 g/mol. The lowest BCUT2D eigenvalue weighted by atomic mass is 10.2. The summed E-state index contributed by atoms with van der Waals surface area (Å²) in [5.41, 5.74) is 0.834. The lowest BCUT2D eigenvalue weighted by Crippen LogP contribution is -1.71. The highest BCUT2D eigenvalue weighted by molar-refractivity contribution is 9.10. The molecule has 0 radical (unpaired) electrons. The molecule has 0 bridgehead atoms. The molecule has 1 aromatic carbocycles. The van der Waals surface area contributed by atoms with Crippen molar-refractivity contribution in [3.8, 4) is 5.75 Å². The Kier molecular flexibility index (Phi) is 1.77. The van der Waals surface area contributed by atoms with Crippen molar-refractivity contribution in [3.63, 3.8) is 0 Å². The first kappa shape index (κ1) is 7.95. The minimum atomic E-state index is 0.177. The number of nitrogens with one attached hydrogen (secondary N) is 1.